The molecule has 2 heterocycles. The first-order valence-electron chi connectivity index (χ1n) is 12.6. The maximum Gasteiger partial charge on any atom is 0.135 e. The summed E-state index contributed by atoms with van der Waals surface area (Å²) in [6, 6.07) is 51.5. The van der Waals surface area contributed by atoms with Crippen LogP contribution < -0.4 is 4.74 Å². The largest absolute Gasteiger partial charge is 0.457 e. The van der Waals surface area contributed by atoms with Crippen LogP contribution in [0.4, 0.5) is 0 Å². The van der Waals surface area contributed by atoms with Crippen molar-refractivity contribution < 1.29 is 4.74 Å². The van der Waals surface area contributed by atoms with E-state index >= 15 is 0 Å². The van der Waals surface area contributed by atoms with Gasteiger partial charge in [-0.3, -0.25) is 0 Å². The number of hydrogen-bond donors (Lipinski definition) is 0. The summed E-state index contributed by atoms with van der Waals surface area (Å²) in [7, 11) is 0. The lowest BCUT2D eigenvalue weighted by atomic mass is 9.87. The van der Waals surface area contributed by atoms with Crippen molar-refractivity contribution in [3.63, 3.8) is 0 Å². The van der Waals surface area contributed by atoms with E-state index in [4.69, 9.17) is 4.74 Å². The minimum atomic E-state index is 0.820. The number of rotatable bonds is 0. The molecule has 2 aliphatic heterocycles. The standard InChI is InChI=1S/C36H24O/c1-4-15-32-29(12-1)25-20-22-28(23-21-25)37-36-19-8-7-18-35(36)34-17-6-3-14-31(34)27-11-9-10-26(24-27)30-13-2-5-16-33(30)32/h1-24H. The Labute approximate surface area is 217 Å². The highest BCUT2D eigenvalue weighted by Gasteiger charge is 2.16. The smallest absolute Gasteiger partial charge is 0.135 e. The summed E-state index contributed by atoms with van der Waals surface area (Å²) in [4.78, 5) is 0. The van der Waals surface area contributed by atoms with Gasteiger partial charge in [-0.15, -0.1) is 0 Å². The van der Waals surface area contributed by atoms with E-state index in [-0.39, 0.29) is 0 Å². The van der Waals surface area contributed by atoms with Gasteiger partial charge in [0.2, 0.25) is 0 Å². The molecule has 4 bridgehead atoms. The van der Waals surface area contributed by atoms with Crippen LogP contribution in [0.3, 0.4) is 0 Å². The highest BCUT2D eigenvalue weighted by molar-refractivity contribution is 5.93. The van der Waals surface area contributed by atoms with Crippen LogP contribution in [-0.4, -0.2) is 0 Å². The van der Waals surface area contributed by atoms with Crippen LogP contribution in [0.5, 0.6) is 11.5 Å². The topological polar surface area (TPSA) is 9.23 Å². The van der Waals surface area contributed by atoms with Crippen LogP contribution in [0.25, 0.3) is 55.6 Å². The maximum atomic E-state index is 6.47. The second-order valence-electron chi connectivity index (χ2n) is 9.34. The summed E-state index contributed by atoms with van der Waals surface area (Å²) in [6.07, 6.45) is 0. The SMILES string of the molecule is c1cc2cc(c1)-c1ccccc1-c1ccccc1-c1ccc(cc1)Oc1ccccc1-c1ccccc1-2. The van der Waals surface area contributed by atoms with Gasteiger partial charge < -0.3 is 4.74 Å². The van der Waals surface area contributed by atoms with Gasteiger partial charge in [-0.2, -0.15) is 0 Å². The third-order valence-electron chi connectivity index (χ3n) is 7.13. The van der Waals surface area contributed by atoms with Gasteiger partial charge in [0.1, 0.15) is 11.5 Å². The highest BCUT2D eigenvalue weighted by atomic mass is 16.5. The molecule has 0 fully saturated rings. The Morgan fingerprint density at radius 2 is 0.730 bits per heavy atom. The summed E-state index contributed by atoms with van der Waals surface area (Å²) >= 11 is 0. The molecule has 0 aromatic heterocycles. The Morgan fingerprint density at radius 3 is 1.30 bits per heavy atom. The Kier molecular flexibility index (Phi) is 5.19. The first kappa shape index (κ1) is 21.4. The van der Waals surface area contributed by atoms with E-state index in [1.165, 1.54) is 38.9 Å². The summed E-state index contributed by atoms with van der Waals surface area (Å²) in [6.45, 7) is 0. The molecular formula is C36H24O. The number of ether oxygens (including phenoxy) is 1. The predicted molar refractivity (Wildman–Crippen MR) is 154 cm³/mol. The van der Waals surface area contributed by atoms with Gasteiger partial charge in [0, 0.05) is 5.56 Å². The van der Waals surface area contributed by atoms with E-state index in [1.54, 1.807) is 0 Å². The first-order valence-corrected chi connectivity index (χ1v) is 12.6. The van der Waals surface area contributed by atoms with Crippen molar-refractivity contribution in [2.45, 2.75) is 0 Å². The lowest BCUT2D eigenvalue weighted by Crippen LogP contribution is -1.93. The number of benzene rings is 6. The van der Waals surface area contributed by atoms with E-state index in [0.29, 0.717) is 0 Å². The van der Waals surface area contributed by atoms with Gasteiger partial charge in [-0.1, -0.05) is 121 Å². The van der Waals surface area contributed by atoms with Crippen molar-refractivity contribution in [3.05, 3.63) is 146 Å². The molecule has 0 saturated carbocycles. The van der Waals surface area contributed by atoms with Crippen LogP contribution in [0.2, 0.25) is 0 Å². The summed E-state index contributed by atoms with van der Waals surface area (Å²) in [5.41, 5.74) is 11.8. The fourth-order valence-electron chi connectivity index (χ4n) is 5.37. The van der Waals surface area contributed by atoms with Crippen LogP contribution in [0, 0.1) is 0 Å². The predicted octanol–water partition coefficient (Wildman–Crippen LogP) is 10.1. The minimum absolute atomic E-state index is 0.820. The lowest BCUT2D eigenvalue weighted by molar-refractivity contribution is 0.484. The van der Waals surface area contributed by atoms with E-state index < -0.39 is 0 Å². The molecule has 1 heteroatoms. The van der Waals surface area contributed by atoms with Gasteiger partial charge in [0.15, 0.2) is 0 Å². The molecule has 0 saturated heterocycles. The Morgan fingerprint density at radius 1 is 0.297 bits per heavy atom. The van der Waals surface area contributed by atoms with Crippen LogP contribution in [0.1, 0.15) is 0 Å². The molecule has 2 aliphatic rings. The zero-order valence-electron chi connectivity index (χ0n) is 20.3. The lowest BCUT2D eigenvalue weighted by Gasteiger charge is -2.18. The molecule has 174 valence electrons. The van der Waals surface area contributed by atoms with Crippen LogP contribution in [-0.2, 0) is 0 Å². The quantitative estimate of drug-likeness (QED) is 0.213. The van der Waals surface area contributed by atoms with Crippen LogP contribution >= 0.6 is 0 Å². The van der Waals surface area contributed by atoms with Crippen molar-refractivity contribution >= 4 is 0 Å². The minimum Gasteiger partial charge on any atom is -0.457 e. The Balaban J connectivity index is 1.56. The van der Waals surface area contributed by atoms with Crippen molar-refractivity contribution in [1.29, 1.82) is 0 Å². The van der Waals surface area contributed by atoms with E-state index in [9.17, 15) is 0 Å². The monoisotopic (exact) mass is 472 g/mol. The molecular weight excluding hydrogens is 448 g/mol. The molecule has 0 aliphatic carbocycles. The van der Waals surface area contributed by atoms with Gasteiger partial charge in [0.25, 0.3) is 0 Å². The molecule has 0 amide bonds. The number of fused-ring (bicyclic) bond motifs is 2. The van der Waals surface area contributed by atoms with Crippen molar-refractivity contribution in [1.82, 2.24) is 0 Å². The van der Waals surface area contributed by atoms with E-state index in [1.807, 2.05) is 12.1 Å². The van der Waals surface area contributed by atoms with Gasteiger partial charge in [-0.05, 0) is 74.3 Å². The van der Waals surface area contributed by atoms with Crippen molar-refractivity contribution in [2.75, 3.05) is 0 Å². The average Bonchev–Trinajstić information content (AvgIpc) is 2.98. The molecule has 8 rings (SSSR count). The fourth-order valence-corrected chi connectivity index (χ4v) is 5.37. The third kappa shape index (κ3) is 3.82. The van der Waals surface area contributed by atoms with Gasteiger partial charge >= 0.3 is 0 Å². The Hall–Kier alpha value is -4.88. The molecule has 0 radical (unpaired) electrons. The highest BCUT2D eigenvalue weighted by Crippen LogP contribution is 2.43. The summed E-state index contributed by atoms with van der Waals surface area (Å²) in [5, 5.41) is 0. The van der Waals surface area contributed by atoms with Gasteiger partial charge in [-0.25, -0.2) is 0 Å². The summed E-state index contributed by atoms with van der Waals surface area (Å²) in [5.74, 6) is 1.66. The Bertz CT molecular complexity index is 1740. The second kappa shape index (κ2) is 8.96. The first-order chi connectivity index (χ1) is 18.3. The molecule has 0 atom stereocenters. The van der Waals surface area contributed by atoms with Crippen LogP contribution in [0.15, 0.2) is 146 Å². The zero-order chi connectivity index (χ0) is 24.6. The molecule has 0 N–H and O–H groups in total. The third-order valence-corrected chi connectivity index (χ3v) is 7.13. The molecule has 1 nitrogen and oxygen atoms in total. The zero-order valence-corrected chi connectivity index (χ0v) is 20.3. The molecule has 0 spiro atoms. The molecule has 6 aromatic rings. The molecule has 37 heavy (non-hydrogen) atoms. The maximum absolute atomic E-state index is 6.47. The average molecular weight is 473 g/mol. The molecule has 0 unspecified atom stereocenters. The second-order valence-corrected chi connectivity index (χ2v) is 9.34. The van der Waals surface area contributed by atoms with E-state index in [0.717, 1.165) is 28.2 Å². The van der Waals surface area contributed by atoms with E-state index in [2.05, 4.69) is 133 Å². The summed E-state index contributed by atoms with van der Waals surface area (Å²) < 4.78 is 6.47. The normalized spacial score (nSPS) is 11.5. The van der Waals surface area contributed by atoms with Gasteiger partial charge in [0.05, 0.1) is 0 Å². The number of para-hydroxylation sites is 1. The fraction of sp³-hybridized carbons (Fsp3) is 0. The van der Waals surface area contributed by atoms with Crippen molar-refractivity contribution in [2.24, 2.45) is 0 Å². The molecule has 6 aromatic carbocycles. The number of hydrogen-bond acceptors (Lipinski definition) is 1. The van der Waals surface area contributed by atoms with Crippen molar-refractivity contribution in [3.8, 4) is 67.1 Å².